The first-order chi connectivity index (χ1) is 25.6. The summed E-state index contributed by atoms with van der Waals surface area (Å²) in [6, 6.07) is 0. The number of fused-ring (bicyclic) bond motifs is 2. The molecule has 17 atom stereocenters. The Bertz CT molecular complexity index is 1350. The lowest BCUT2D eigenvalue weighted by Crippen LogP contribution is -2.57. The molecule has 3 rings (SSSR count). The number of carbonyl (C=O) groups is 3. The van der Waals surface area contributed by atoms with Crippen LogP contribution in [0.4, 0.5) is 0 Å². The van der Waals surface area contributed by atoms with E-state index in [4.69, 9.17) is 14.2 Å². The van der Waals surface area contributed by atoms with Gasteiger partial charge in [-0.2, -0.15) is 0 Å². The van der Waals surface area contributed by atoms with Crippen LogP contribution in [0, 0.1) is 47.3 Å². The van der Waals surface area contributed by atoms with E-state index in [9.17, 15) is 39.9 Å². The molecule has 2 saturated heterocycles. The van der Waals surface area contributed by atoms with Crippen LogP contribution in [0.25, 0.3) is 0 Å². The van der Waals surface area contributed by atoms with Gasteiger partial charge in [-0.3, -0.25) is 9.59 Å². The molecule has 314 valence electrons. The highest BCUT2D eigenvalue weighted by Crippen LogP contribution is 2.46. The molecule has 2 bridgehead atoms. The van der Waals surface area contributed by atoms with Crippen LogP contribution in [0.1, 0.15) is 121 Å². The third-order valence-electron chi connectivity index (χ3n) is 12.9. The molecule has 11 heteroatoms. The number of ketones is 2. The number of hydrogen-bond donors (Lipinski definition) is 5. The lowest BCUT2D eigenvalue weighted by atomic mass is 9.75. The van der Waals surface area contributed by atoms with Gasteiger partial charge in [0.1, 0.15) is 17.5 Å². The van der Waals surface area contributed by atoms with Crippen molar-refractivity contribution < 1.29 is 54.1 Å². The summed E-state index contributed by atoms with van der Waals surface area (Å²) in [4.78, 5) is 40.3. The molecule has 0 radical (unpaired) electrons. The second-order valence-electron chi connectivity index (χ2n) is 17.6. The summed E-state index contributed by atoms with van der Waals surface area (Å²) < 4.78 is 19.7. The zero-order valence-corrected chi connectivity index (χ0v) is 35.0. The van der Waals surface area contributed by atoms with Gasteiger partial charge >= 0.3 is 5.97 Å². The molecule has 2 fully saturated rings. The second-order valence-corrected chi connectivity index (χ2v) is 17.6. The summed E-state index contributed by atoms with van der Waals surface area (Å²) >= 11 is 0. The van der Waals surface area contributed by atoms with E-state index in [1.807, 2.05) is 25.2 Å². The molecule has 0 aromatic rings. The summed E-state index contributed by atoms with van der Waals surface area (Å²) in [6.45, 7) is 17.1. The summed E-state index contributed by atoms with van der Waals surface area (Å²) in [6.07, 6.45) is 10.1. The Balaban J connectivity index is 1.95. The van der Waals surface area contributed by atoms with Crippen molar-refractivity contribution in [2.75, 3.05) is 0 Å². The van der Waals surface area contributed by atoms with E-state index >= 15 is 0 Å². The highest BCUT2D eigenvalue weighted by Gasteiger charge is 2.51. The van der Waals surface area contributed by atoms with Crippen LogP contribution in [0.5, 0.6) is 0 Å². The minimum absolute atomic E-state index is 0.144. The number of carbonyl (C=O) groups excluding carboxylic acids is 3. The maximum Gasteiger partial charge on any atom is 0.330 e. The van der Waals surface area contributed by atoms with Crippen molar-refractivity contribution in [3.8, 4) is 0 Å². The molecule has 0 aromatic carbocycles. The molecule has 55 heavy (non-hydrogen) atoms. The van der Waals surface area contributed by atoms with Crippen LogP contribution in [0.3, 0.4) is 0 Å². The van der Waals surface area contributed by atoms with Crippen molar-refractivity contribution in [1.82, 2.24) is 0 Å². The standard InChI is InChI=1S/C44H72O11/c1-11-33-16-14-12-13-15-27(4)41(50)43(10,52)42(51)32(9)40(49)31(8)39(48)30(7)38(47)26(3)17-20-37(46)53-36-24-44(54-34(19-18-33)29(36)6)22-21-25(2)35(55-44)23-28(5)45/h12-14,16-17,20,25-36,38,40-41,45,47,49-50,52H,11,15,18-19,21-24H2,1-10H3/b13-12-,16-14+,20-17-/t25-,26-,27+,28+,29+,30-,31-,32-,33-,34-,35-,36-,38+,40+,41-,43+,44-/m1/s1. The van der Waals surface area contributed by atoms with Crippen LogP contribution < -0.4 is 0 Å². The van der Waals surface area contributed by atoms with Crippen LogP contribution in [0.15, 0.2) is 36.5 Å². The Labute approximate surface area is 329 Å². The van der Waals surface area contributed by atoms with E-state index in [-0.39, 0.29) is 30.0 Å². The van der Waals surface area contributed by atoms with Gasteiger partial charge in [0, 0.05) is 48.5 Å². The molecule has 11 nitrogen and oxygen atoms in total. The average Bonchev–Trinajstić information content (AvgIpc) is 3.14. The van der Waals surface area contributed by atoms with Crippen LogP contribution in [-0.2, 0) is 28.6 Å². The first-order valence-electron chi connectivity index (χ1n) is 20.8. The number of allylic oxidation sites excluding steroid dienone is 4. The summed E-state index contributed by atoms with van der Waals surface area (Å²) in [7, 11) is 0. The molecule has 3 aliphatic rings. The Morgan fingerprint density at radius 2 is 1.49 bits per heavy atom. The third-order valence-corrected chi connectivity index (χ3v) is 12.9. The van der Waals surface area contributed by atoms with Gasteiger partial charge in [-0.1, -0.05) is 85.8 Å². The molecule has 1 spiro atoms. The predicted octanol–water partition coefficient (Wildman–Crippen LogP) is 5.64. The van der Waals surface area contributed by atoms with Gasteiger partial charge in [-0.15, -0.1) is 0 Å². The number of aliphatic hydroxyl groups excluding tert-OH is 4. The first-order valence-corrected chi connectivity index (χ1v) is 20.8. The minimum Gasteiger partial charge on any atom is -0.459 e. The lowest BCUT2D eigenvalue weighted by Gasteiger charge is -2.52. The largest absolute Gasteiger partial charge is 0.459 e. The topological polar surface area (TPSA) is 180 Å². The molecule has 0 unspecified atom stereocenters. The summed E-state index contributed by atoms with van der Waals surface area (Å²) in [5, 5.41) is 54.9. The van der Waals surface area contributed by atoms with Crippen molar-refractivity contribution in [1.29, 1.82) is 0 Å². The highest BCUT2D eigenvalue weighted by atomic mass is 16.7. The minimum atomic E-state index is -2.18. The van der Waals surface area contributed by atoms with Crippen molar-refractivity contribution in [3.63, 3.8) is 0 Å². The van der Waals surface area contributed by atoms with Gasteiger partial charge in [0.15, 0.2) is 11.6 Å². The number of hydrogen-bond acceptors (Lipinski definition) is 11. The van der Waals surface area contributed by atoms with Gasteiger partial charge in [0.05, 0.1) is 36.6 Å². The van der Waals surface area contributed by atoms with E-state index in [1.165, 1.54) is 39.8 Å². The average molecular weight is 777 g/mol. The normalized spacial score (nSPS) is 46.1. The third kappa shape index (κ3) is 12.1. The van der Waals surface area contributed by atoms with E-state index in [2.05, 4.69) is 19.9 Å². The molecule has 0 amide bonds. The fraction of sp³-hybridized carbons (Fsp3) is 0.795. The molecule has 0 aliphatic carbocycles. The summed E-state index contributed by atoms with van der Waals surface area (Å²) in [5.74, 6) is -6.86. The van der Waals surface area contributed by atoms with Crippen LogP contribution in [0.2, 0.25) is 0 Å². The van der Waals surface area contributed by atoms with Crippen molar-refractivity contribution in [3.05, 3.63) is 36.5 Å². The fourth-order valence-corrected chi connectivity index (χ4v) is 8.60. The molecule has 5 N–H and O–H groups in total. The van der Waals surface area contributed by atoms with Crippen LogP contribution >= 0.6 is 0 Å². The SMILES string of the molecule is CC[C@@H]1/C=C/C=C\C[C@H](C)[C@@H](O)[C@](C)(O)C(=O)[C@H](C)[C@@H](O)[C@H](C)C(=O)[C@H](C)[C@@H](O)[C@H](C)/C=C\C(=O)O[C@@H]2C[C@]3(CC[C@@H](C)[C@@H](C[C@H](C)O)O3)O[C@H](CC1)[C@@H]2C. The Morgan fingerprint density at radius 3 is 2.13 bits per heavy atom. The van der Waals surface area contributed by atoms with Gasteiger partial charge in [-0.05, 0) is 70.1 Å². The van der Waals surface area contributed by atoms with E-state index in [1.54, 1.807) is 20.8 Å². The van der Waals surface area contributed by atoms with Crippen molar-refractivity contribution >= 4 is 17.5 Å². The molecule has 3 heterocycles. The molecule has 3 aliphatic heterocycles. The maximum absolute atomic E-state index is 13.5. The van der Waals surface area contributed by atoms with E-state index in [0.29, 0.717) is 32.1 Å². The lowest BCUT2D eigenvalue weighted by molar-refractivity contribution is -0.347. The zero-order valence-electron chi connectivity index (χ0n) is 35.0. The number of aliphatic hydroxyl groups is 5. The second kappa shape index (κ2) is 20.4. The van der Waals surface area contributed by atoms with E-state index < -0.39 is 89.0 Å². The van der Waals surface area contributed by atoms with Gasteiger partial charge in [0.25, 0.3) is 0 Å². The Morgan fingerprint density at radius 1 is 0.836 bits per heavy atom. The predicted molar refractivity (Wildman–Crippen MR) is 210 cm³/mol. The molecular weight excluding hydrogens is 704 g/mol. The van der Waals surface area contributed by atoms with Crippen molar-refractivity contribution in [2.24, 2.45) is 47.3 Å². The Kier molecular flexibility index (Phi) is 17.5. The quantitative estimate of drug-likeness (QED) is 0.224. The summed E-state index contributed by atoms with van der Waals surface area (Å²) in [5.41, 5.74) is -2.18. The van der Waals surface area contributed by atoms with Gasteiger partial charge in [0.2, 0.25) is 0 Å². The molecule has 0 aromatic heterocycles. The number of Topliss-reactive ketones (excluding diaryl/α,β-unsaturated/α-hetero) is 2. The highest BCUT2D eigenvalue weighted by molar-refractivity contribution is 5.91. The maximum atomic E-state index is 13.5. The van der Waals surface area contributed by atoms with E-state index in [0.717, 1.165) is 19.3 Å². The number of rotatable bonds is 3. The first kappa shape index (κ1) is 47.1. The van der Waals surface area contributed by atoms with Crippen molar-refractivity contribution in [2.45, 2.75) is 175 Å². The molecular formula is C44H72O11. The molecule has 0 saturated carbocycles. The van der Waals surface area contributed by atoms with Crippen LogP contribution in [-0.4, -0.2) is 97.2 Å². The Hall–Kier alpha value is -2.25. The van der Waals surface area contributed by atoms with Gasteiger partial charge < -0.3 is 39.7 Å². The monoisotopic (exact) mass is 777 g/mol. The zero-order chi connectivity index (χ0) is 41.4. The number of ether oxygens (including phenoxy) is 3. The number of esters is 1. The van der Waals surface area contributed by atoms with Gasteiger partial charge in [-0.25, -0.2) is 4.79 Å². The smallest absolute Gasteiger partial charge is 0.330 e. The fourth-order valence-electron chi connectivity index (χ4n) is 8.60.